The second-order valence-electron chi connectivity index (χ2n) is 6.62. The van der Waals surface area contributed by atoms with Crippen LogP contribution in [0.3, 0.4) is 0 Å². The number of halogens is 2. The highest BCUT2D eigenvalue weighted by atomic mass is 35.5. The highest BCUT2D eigenvalue weighted by Gasteiger charge is 2.27. The molecule has 1 aromatic heterocycles. The Labute approximate surface area is 167 Å². The molecule has 0 unspecified atom stereocenters. The van der Waals surface area contributed by atoms with Gasteiger partial charge in [-0.1, -0.05) is 17.7 Å². The smallest absolute Gasteiger partial charge is 0.250 e. The molecule has 0 spiro atoms. The minimum absolute atomic E-state index is 0.0328. The summed E-state index contributed by atoms with van der Waals surface area (Å²) in [7, 11) is -3.45. The molecule has 1 amide bonds. The SMILES string of the molecule is O=C(Nc1ccc(F)c(Cl)c1)C1CCC(CNS(=O)(=O)c2cccs2)CC1. The Kier molecular flexibility index (Phi) is 6.52. The summed E-state index contributed by atoms with van der Waals surface area (Å²) in [5.41, 5.74) is 0.470. The van der Waals surface area contributed by atoms with Gasteiger partial charge in [0.15, 0.2) is 0 Å². The van der Waals surface area contributed by atoms with Gasteiger partial charge in [-0.15, -0.1) is 11.3 Å². The van der Waals surface area contributed by atoms with Crippen LogP contribution in [-0.4, -0.2) is 20.9 Å². The number of carbonyl (C=O) groups excluding carboxylic acids is 1. The van der Waals surface area contributed by atoms with Crippen molar-refractivity contribution in [2.75, 3.05) is 11.9 Å². The first kappa shape index (κ1) is 20.3. The Morgan fingerprint density at radius 3 is 2.59 bits per heavy atom. The van der Waals surface area contributed by atoms with Gasteiger partial charge >= 0.3 is 0 Å². The van der Waals surface area contributed by atoms with Crippen molar-refractivity contribution in [3.8, 4) is 0 Å². The number of carbonyl (C=O) groups is 1. The molecule has 0 aliphatic heterocycles. The highest BCUT2D eigenvalue weighted by molar-refractivity contribution is 7.91. The largest absolute Gasteiger partial charge is 0.326 e. The summed E-state index contributed by atoms with van der Waals surface area (Å²) in [6.07, 6.45) is 2.92. The van der Waals surface area contributed by atoms with Crippen molar-refractivity contribution in [2.24, 2.45) is 11.8 Å². The van der Waals surface area contributed by atoms with Crippen LogP contribution in [0.1, 0.15) is 25.7 Å². The third-order valence-electron chi connectivity index (χ3n) is 4.73. The lowest BCUT2D eigenvalue weighted by molar-refractivity contribution is -0.121. The molecule has 146 valence electrons. The van der Waals surface area contributed by atoms with E-state index in [1.165, 1.54) is 29.5 Å². The summed E-state index contributed by atoms with van der Waals surface area (Å²) in [5, 5.41) is 4.47. The molecule has 0 radical (unpaired) electrons. The molecule has 1 aliphatic carbocycles. The van der Waals surface area contributed by atoms with Gasteiger partial charge in [0, 0.05) is 18.2 Å². The zero-order valence-corrected chi connectivity index (χ0v) is 16.8. The molecule has 1 heterocycles. The maximum absolute atomic E-state index is 13.2. The van der Waals surface area contributed by atoms with E-state index < -0.39 is 15.8 Å². The second kappa shape index (κ2) is 8.68. The molecule has 0 saturated heterocycles. The molecule has 9 heteroatoms. The van der Waals surface area contributed by atoms with E-state index in [9.17, 15) is 17.6 Å². The number of anilines is 1. The molecule has 1 aliphatic rings. The van der Waals surface area contributed by atoms with E-state index in [0.29, 0.717) is 29.3 Å². The minimum atomic E-state index is -3.45. The van der Waals surface area contributed by atoms with Crippen LogP contribution in [0.2, 0.25) is 5.02 Å². The van der Waals surface area contributed by atoms with Crippen molar-refractivity contribution < 1.29 is 17.6 Å². The second-order valence-corrected chi connectivity index (χ2v) is 9.97. The Morgan fingerprint density at radius 1 is 1.22 bits per heavy atom. The topological polar surface area (TPSA) is 75.3 Å². The Morgan fingerprint density at radius 2 is 1.96 bits per heavy atom. The quantitative estimate of drug-likeness (QED) is 0.718. The van der Waals surface area contributed by atoms with Crippen molar-refractivity contribution in [3.05, 3.63) is 46.6 Å². The first-order valence-corrected chi connectivity index (χ1v) is 11.4. The molecule has 2 N–H and O–H groups in total. The number of amides is 1. The maximum Gasteiger partial charge on any atom is 0.250 e. The maximum atomic E-state index is 13.2. The summed E-state index contributed by atoms with van der Waals surface area (Å²) in [4.78, 5) is 12.4. The summed E-state index contributed by atoms with van der Waals surface area (Å²) in [6.45, 7) is 0.377. The standard InChI is InChI=1S/C18H20ClFN2O3S2/c19-15-10-14(7-8-16(15)20)22-18(23)13-5-3-12(4-6-13)11-21-27(24,25)17-2-1-9-26-17/h1-2,7-10,12-13,21H,3-6,11H2,(H,22,23). The van der Waals surface area contributed by atoms with Crippen LogP contribution >= 0.6 is 22.9 Å². The van der Waals surface area contributed by atoms with Gasteiger partial charge in [-0.2, -0.15) is 0 Å². The van der Waals surface area contributed by atoms with Gasteiger partial charge in [-0.25, -0.2) is 17.5 Å². The fourth-order valence-electron chi connectivity index (χ4n) is 3.16. The first-order chi connectivity index (χ1) is 12.8. The van der Waals surface area contributed by atoms with E-state index in [1.54, 1.807) is 17.5 Å². The number of hydrogen-bond acceptors (Lipinski definition) is 4. The Bertz CT molecular complexity index is 895. The molecule has 0 atom stereocenters. The highest BCUT2D eigenvalue weighted by Crippen LogP contribution is 2.30. The predicted octanol–water partition coefficient (Wildman–Crippen LogP) is 4.26. The van der Waals surface area contributed by atoms with Crippen LogP contribution in [0, 0.1) is 17.7 Å². The molecular formula is C18H20ClFN2O3S2. The predicted molar refractivity (Wildman–Crippen MR) is 105 cm³/mol. The molecule has 5 nitrogen and oxygen atoms in total. The minimum Gasteiger partial charge on any atom is -0.326 e. The lowest BCUT2D eigenvalue weighted by atomic mass is 9.81. The third-order valence-corrected chi connectivity index (χ3v) is 7.84. The van der Waals surface area contributed by atoms with Crippen molar-refractivity contribution in [2.45, 2.75) is 29.9 Å². The number of benzene rings is 1. The fourth-order valence-corrected chi connectivity index (χ4v) is 5.50. The van der Waals surface area contributed by atoms with E-state index in [1.807, 2.05) is 0 Å². The van der Waals surface area contributed by atoms with Crippen LogP contribution in [0.4, 0.5) is 10.1 Å². The molecule has 0 bridgehead atoms. The van der Waals surface area contributed by atoms with Crippen molar-refractivity contribution in [3.63, 3.8) is 0 Å². The number of sulfonamides is 1. The monoisotopic (exact) mass is 430 g/mol. The van der Waals surface area contributed by atoms with E-state index in [0.717, 1.165) is 12.8 Å². The molecule has 1 saturated carbocycles. The van der Waals surface area contributed by atoms with Crippen LogP contribution in [0.15, 0.2) is 39.9 Å². The molecule has 3 rings (SSSR count). The molecular weight excluding hydrogens is 411 g/mol. The van der Waals surface area contributed by atoms with Gasteiger partial charge in [0.1, 0.15) is 10.0 Å². The Balaban J connectivity index is 1.47. The summed E-state index contributed by atoms with van der Waals surface area (Å²) in [6, 6.07) is 7.37. The Hall–Kier alpha value is -1.48. The van der Waals surface area contributed by atoms with E-state index >= 15 is 0 Å². The zero-order chi connectivity index (χ0) is 19.4. The number of nitrogens with one attached hydrogen (secondary N) is 2. The van der Waals surface area contributed by atoms with Crippen LogP contribution in [0.25, 0.3) is 0 Å². The zero-order valence-electron chi connectivity index (χ0n) is 14.5. The van der Waals surface area contributed by atoms with Crippen LogP contribution < -0.4 is 10.0 Å². The number of rotatable bonds is 6. The van der Waals surface area contributed by atoms with Gasteiger partial charge in [0.2, 0.25) is 15.9 Å². The van der Waals surface area contributed by atoms with Crippen LogP contribution in [0.5, 0.6) is 0 Å². The summed E-state index contributed by atoms with van der Waals surface area (Å²) < 4.78 is 40.5. The van der Waals surface area contributed by atoms with Gasteiger partial charge in [-0.05, 0) is 61.2 Å². The average Bonchev–Trinajstić information content (AvgIpc) is 3.19. The fraction of sp³-hybridized carbons (Fsp3) is 0.389. The third kappa shape index (κ3) is 5.28. The molecule has 27 heavy (non-hydrogen) atoms. The van der Waals surface area contributed by atoms with Crippen molar-refractivity contribution in [1.29, 1.82) is 0 Å². The average molecular weight is 431 g/mol. The normalized spacial score (nSPS) is 20.4. The molecule has 2 aromatic rings. The van der Waals surface area contributed by atoms with Crippen LogP contribution in [-0.2, 0) is 14.8 Å². The van der Waals surface area contributed by atoms with E-state index in [2.05, 4.69) is 10.0 Å². The van der Waals surface area contributed by atoms with Gasteiger partial charge in [0.05, 0.1) is 5.02 Å². The number of hydrogen-bond donors (Lipinski definition) is 2. The number of thiophene rings is 1. The van der Waals surface area contributed by atoms with Gasteiger partial charge in [-0.3, -0.25) is 4.79 Å². The summed E-state index contributed by atoms with van der Waals surface area (Å²) in [5.74, 6) is -0.571. The molecule has 1 fully saturated rings. The van der Waals surface area contributed by atoms with Crippen molar-refractivity contribution in [1.82, 2.24) is 4.72 Å². The van der Waals surface area contributed by atoms with Crippen molar-refractivity contribution >= 4 is 44.6 Å². The first-order valence-electron chi connectivity index (χ1n) is 8.64. The molecule has 1 aromatic carbocycles. The van der Waals surface area contributed by atoms with Gasteiger partial charge in [0.25, 0.3) is 0 Å². The van der Waals surface area contributed by atoms with E-state index in [4.69, 9.17) is 11.6 Å². The lowest BCUT2D eigenvalue weighted by Crippen LogP contribution is -2.33. The van der Waals surface area contributed by atoms with E-state index in [-0.39, 0.29) is 22.8 Å². The van der Waals surface area contributed by atoms with Gasteiger partial charge < -0.3 is 5.32 Å². The lowest BCUT2D eigenvalue weighted by Gasteiger charge is -2.27. The summed E-state index contributed by atoms with van der Waals surface area (Å²) >= 11 is 6.92.